The lowest BCUT2D eigenvalue weighted by Gasteiger charge is -2.35. The second kappa shape index (κ2) is 8.00. The molecule has 1 saturated heterocycles. The van der Waals surface area contributed by atoms with E-state index in [1.54, 1.807) is 6.20 Å². The van der Waals surface area contributed by atoms with Crippen LogP contribution in [0.3, 0.4) is 0 Å². The van der Waals surface area contributed by atoms with Crippen molar-refractivity contribution >= 4 is 32.4 Å². The van der Waals surface area contributed by atoms with Gasteiger partial charge in [-0.1, -0.05) is 6.42 Å². The molecule has 1 unspecified atom stereocenters. The number of thiazole rings is 1. The van der Waals surface area contributed by atoms with Gasteiger partial charge in [0.2, 0.25) is 15.9 Å². The Morgan fingerprint density at radius 3 is 3.00 bits per heavy atom. The van der Waals surface area contributed by atoms with E-state index in [-0.39, 0.29) is 11.9 Å². The molecular formula is C13H22N4O3S2. The Bertz CT molecular complexity index is 574. The minimum Gasteiger partial charge on any atom is -0.301 e. The maximum Gasteiger partial charge on any atom is 0.240 e. The minimum atomic E-state index is -3.15. The van der Waals surface area contributed by atoms with Crippen LogP contribution < -0.4 is 10.0 Å². The first kappa shape index (κ1) is 17.3. The van der Waals surface area contributed by atoms with Gasteiger partial charge in [0.25, 0.3) is 0 Å². The number of amides is 1. The summed E-state index contributed by atoms with van der Waals surface area (Å²) < 4.78 is 24.7. The van der Waals surface area contributed by atoms with Gasteiger partial charge in [-0.3, -0.25) is 9.69 Å². The maximum atomic E-state index is 12.1. The van der Waals surface area contributed by atoms with E-state index < -0.39 is 10.0 Å². The lowest BCUT2D eigenvalue weighted by Crippen LogP contribution is -2.45. The normalized spacial score (nSPS) is 20.0. The van der Waals surface area contributed by atoms with Gasteiger partial charge in [0, 0.05) is 24.2 Å². The average Bonchev–Trinajstić information content (AvgIpc) is 2.92. The van der Waals surface area contributed by atoms with E-state index in [4.69, 9.17) is 0 Å². The van der Waals surface area contributed by atoms with Crippen molar-refractivity contribution in [1.82, 2.24) is 14.6 Å². The molecule has 1 fully saturated rings. The van der Waals surface area contributed by atoms with Crippen LogP contribution in [-0.4, -0.2) is 56.1 Å². The van der Waals surface area contributed by atoms with Gasteiger partial charge in [-0.15, -0.1) is 11.3 Å². The predicted octanol–water partition coefficient (Wildman–Crippen LogP) is 0.875. The third-order valence-corrected chi connectivity index (χ3v) is 5.03. The molecule has 124 valence electrons. The van der Waals surface area contributed by atoms with Gasteiger partial charge in [0.1, 0.15) is 0 Å². The minimum absolute atomic E-state index is 0.0714. The van der Waals surface area contributed by atoms with E-state index >= 15 is 0 Å². The number of aromatic nitrogens is 1. The molecule has 0 radical (unpaired) electrons. The molecule has 1 aliphatic heterocycles. The Morgan fingerprint density at radius 2 is 2.32 bits per heavy atom. The monoisotopic (exact) mass is 346 g/mol. The number of carbonyl (C=O) groups is 1. The highest BCUT2D eigenvalue weighted by atomic mass is 32.2. The van der Waals surface area contributed by atoms with Crippen molar-refractivity contribution < 1.29 is 13.2 Å². The Balaban J connectivity index is 1.82. The summed E-state index contributed by atoms with van der Waals surface area (Å²) in [4.78, 5) is 18.2. The number of sulfonamides is 1. The molecule has 2 rings (SSSR count). The lowest BCUT2D eigenvalue weighted by atomic mass is 9.99. The molecule has 2 N–H and O–H groups in total. The summed E-state index contributed by atoms with van der Waals surface area (Å²) in [6, 6.07) is 0.241. The van der Waals surface area contributed by atoms with E-state index in [2.05, 4.69) is 19.9 Å². The standard InChI is InChI=1S/C13H22N4O3S2/c1-22(19,20)15-6-5-11-4-2-3-8-17(11)10-12(18)16-13-14-7-9-21-13/h7,9,11,15H,2-6,8,10H2,1H3,(H,14,16,18). The third-order valence-electron chi connectivity index (χ3n) is 3.62. The zero-order valence-electron chi connectivity index (χ0n) is 12.6. The molecule has 1 atom stereocenters. The molecule has 0 spiro atoms. The fourth-order valence-corrected chi connectivity index (χ4v) is 3.67. The molecule has 1 aromatic heterocycles. The first-order chi connectivity index (χ1) is 10.4. The number of rotatable bonds is 7. The number of piperidine rings is 1. The largest absolute Gasteiger partial charge is 0.301 e. The first-order valence-corrected chi connectivity index (χ1v) is 10.1. The van der Waals surface area contributed by atoms with Crippen molar-refractivity contribution in [2.45, 2.75) is 31.7 Å². The van der Waals surface area contributed by atoms with Crippen LogP contribution in [0.2, 0.25) is 0 Å². The van der Waals surface area contributed by atoms with Crippen molar-refractivity contribution in [3.05, 3.63) is 11.6 Å². The molecule has 1 aromatic rings. The van der Waals surface area contributed by atoms with Crippen LogP contribution in [0.25, 0.3) is 0 Å². The number of hydrogen-bond acceptors (Lipinski definition) is 6. The molecule has 0 saturated carbocycles. The highest BCUT2D eigenvalue weighted by molar-refractivity contribution is 7.88. The number of hydrogen-bond donors (Lipinski definition) is 2. The van der Waals surface area contributed by atoms with Crippen LogP contribution in [0.15, 0.2) is 11.6 Å². The van der Waals surface area contributed by atoms with Crippen molar-refractivity contribution in [3.63, 3.8) is 0 Å². The molecule has 2 heterocycles. The fraction of sp³-hybridized carbons (Fsp3) is 0.692. The second-order valence-corrected chi connectivity index (χ2v) is 8.19. The Morgan fingerprint density at radius 1 is 1.50 bits per heavy atom. The molecular weight excluding hydrogens is 324 g/mol. The van der Waals surface area contributed by atoms with Crippen molar-refractivity contribution in [2.75, 3.05) is 31.2 Å². The molecule has 9 heteroatoms. The maximum absolute atomic E-state index is 12.1. The van der Waals surface area contributed by atoms with Gasteiger partial charge in [-0.25, -0.2) is 18.1 Å². The van der Waals surface area contributed by atoms with Crippen LogP contribution in [0.1, 0.15) is 25.7 Å². The summed E-state index contributed by atoms with van der Waals surface area (Å²) in [5.74, 6) is -0.0714. The van der Waals surface area contributed by atoms with Gasteiger partial charge >= 0.3 is 0 Å². The summed E-state index contributed by atoms with van der Waals surface area (Å²) in [6.45, 7) is 1.60. The molecule has 0 aliphatic carbocycles. The summed E-state index contributed by atoms with van der Waals surface area (Å²) in [7, 11) is -3.15. The van der Waals surface area contributed by atoms with E-state index in [1.807, 2.05) is 5.38 Å². The van der Waals surface area contributed by atoms with E-state index in [0.29, 0.717) is 18.2 Å². The Hall–Kier alpha value is -1.03. The summed E-state index contributed by atoms with van der Waals surface area (Å²) in [6.07, 6.45) is 6.72. The van der Waals surface area contributed by atoms with Gasteiger partial charge in [0.15, 0.2) is 5.13 Å². The summed E-state index contributed by atoms with van der Waals surface area (Å²) in [5, 5.41) is 5.21. The molecule has 0 aromatic carbocycles. The van der Waals surface area contributed by atoms with Gasteiger partial charge in [-0.2, -0.15) is 0 Å². The molecule has 7 nitrogen and oxygen atoms in total. The third kappa shape index (κ3) is 5.99. The van der Waals surface area contributed by atoms with E-state index in [1.165, 1.54) is 11.3 Å². The smallest absolute Gasteiger partial charge is 0.240 e. The van der Waals surface area contributed by atoms with Gasteiger partial charge in [0.05, 0.1) is 12.8 Å². The summed E-state index contributed by atoms with van der Waals surface area (Å²) in [5.41, 5.74) is 0. The van der Waals surface area contributed by atoms with Crippen LogP contribution in [0.4, 0.5) is 5.13 Å². The van der Waals surface area contributed by atoms with Gasteiger partial charge in [-0.05, 0) is 25.8 Å². The Kier molecular flexibility index (Phi) is 6.30. The van der Waals surface area contributed by atoms with Crippen LogP contribution in [-0.2, 0) is 14.8 Å². The van der Waals surface area contributed by atoms with Crippen molar-refractivity contribution in [2.24, 2.45) is 0 Å². The van der Waals surface area contributed by atoms with E-state index in [9.17, 15) is 13.2 Å². The predicted molar refractivity (Wildman–Crippen MR) is 87.4 cm³/mol. The Labute approximate surface area is 135 Å². The van der Waals surface area contributed by atoms with Crippen molar-refractivity contribution in [3.8, 4) is 0 Å². The summed E-state index contributed by atoms with van der Waals surface area (Å²) >= 11 is 1.39. The first-order valence-electron chi connectivity index (χ1n) is 7.32. The quantitative estimate of drug-likeness (QED) is 0.764. The number of anilines is 1. The number of nitrogens with one attached hydrogen (secondary N) is 2. The van der Waals surface area contributed by atoms with Crippen LogP contribution in [0.5, 0.6) is 0 Å². The lowest BCUT2D eigenvalue weighted by molar-refractivity contribution is -0.118. The van der Waals surface area contributed by atoms with Crippen molar-refractivity contribution in [1.29, 1.82) is 0 Å². The van der Waals surface area contributed by atoms with Crippen LogP contribution in [0, 0.1) is 0 Å². The highest BCUT2D eigenvalue weighted by Crippen LogP contribution is 2.19. The second-order valence-electron chi connectivity index (χ2n) is 5.46. The number of likely N-dealkylation sites (tertiary alicyclic amines) is 1. The average molecular weight is 346 g/mol. The van der Waals surface area contributed by atoms with Crippen LogP contribution >= 0.6 is 11.3 Å². The topological polar surface area (TPSA) is 91.4 Å². The fourth-order valence-electron chi connectivity index (χ4n) is 2.63. The number of nitrogens with zero attached hydrogens (tertiary/aromatic N) is 2. The zero-order chi connectivity index (χ0) is 16.0. The zero-order valence-corrected chi connectivity index (χ0v) is 14.3. The SMILES string of the molecule is CS(=O)(=O)NCCC1CCCCN1CC(=O)Nc1nccs1. The molecule has 1 aliphatic rings. The molecule has 1 amide bonds. The molecule has 22 heavy (non-hydrogen) atoms. The molecule has 0 bridgehead atoms. The van der Waals surface area contributed by atoms with E-state index in [0.717, 1.165) is 38.5 Å². The highest BCUT2D eigenvalue weighted by Gasteiger charge is 2.24. The number of carbonyl (C=O) groups excluding carboxylic acids is 1. The van der Waals surface area contributed by atoms with Gasteiger partial charge < -0.3 is 5.32 Å².